The van der Waals surface area contributed by atoms with Gasteiger partial charge in [-0.3, -0.25) is 9.69 Å². The molecule has 1 unspecified atom stereocenters. The van der Waals surface area contributed by atoms with Gasteiger partial charge in [0, 0.05) is 26.1 Å². The van der Waals surface area contributed by atoms with Crippen LogP contribution in [0, 0.1) is 6.92 Å². The average Bonchev–Trinajstić information content (AvgIpc) is 2.57. The third-order valence-corrected chi connectivity index (χ3v) is 4.80. The van der Waals surface area contributed by atoms with Crippen LogP contribution in [0.4, 0.5) is 0 Å². The van der Waals surface area contributed by atoms with Gasteiger partial charge >= 0.3 is 0 Å². The molecule has 1 aromatic heterocycles. The van der Waals surface area contributed by atoms with Crippen molar-refractivity contribution in [1.82, 2.24) is 20.2 Å². The molecule has 1 N–H and O–H groups in total. The highest BCUT2D eigenvalue weighted by molar-refractivity contribution is 5.74. The van der Waals surface area contributed by atoms with Crippen molar-refractivity contribution in [3.8, 4) is 0 Å². The zero-order valence-corrected chi connectivity index (χ0v) is 14.6. The summed E-state index contributed by atoms with van der Waals surface area (Å²) in [5.41, 5.74) is 4.00. The Morgan fingerprint density at radius 2 is 2.00 bits per heavy atom. The maximum atomic E-state index is 11.1. The number of likely N-dealkylation sites (tertiary alicyclic amines) is 1. The summed E-state index contributed by atoms with van der Waals surface area (Å²) >= 11 is 0. The molecule has 0 aliphatic carbocycles. The van der Waals surface area contributed by atoms with E-state index in [1.54, 1.807) is 6.92 Å². The number of hydrogen-bond acceptors (Lipinski definition) is 4. The fraction of sp³-hybridized carbons (Fsp3) is 0.526. The summed E-state index contributed by atoms with van der Waals surface area (Å²) in [7, 11) is 0. The van der Waals surface area contributed by atoms with Crippen LogP contribution >= 0.6 is 0 Å². The van der Waals surface area contributed by atoms with Crippen molar-refractivity contribution in [2.75, 3.05) is 13.1 Å². The van der Waals surface area contributed by atoms with Crippen LogP contribution in [0.2, 0.25) is 0 Å². The lowest BCUT2D eigenvalue weighted by Crippen LogP contribution is -2.41. The third kappa shape index (κ3) is 4.09. The highest BCUT2D eigenvalue weighted by Gasteiger charge is 2.23. The molecule has 1 atom stereocenters. The van der Waals surface area contributed by atoms with E-state index in [0.29, 0.717) is 6.04 Å². The van der Waals surface area contributed by atoms with Gasteiger partial charge in [0.1, 0.15) is 0 Å². The van der Waals surface area contributed by atoms with Crippen LogP contribution in [0.25, 0.3) is 11.0 Å². The highest BCUT2D eigenvalue weighted by atomic mass is 16.1. The molecule has 0 saturated carbocycles. The minimum atomic E-state index is 0.0496. The second kappa shape index (κ2) is 7.71. The number of carbonyl (C=O) groups is 1. The molecule has 24 heavy (non-hydrogen) atoms. The maximum Gasteiger partial charge on any atom is 0.216 e. The summed E-state index contributed by atoms with van der Waals surface area (Å²) in [4.78, 5) is 23.1. The second-order valence-electron chi connectivity index (χ2n) is 6.64. The Bertz CT molecular complexity index is 716. The zero-order valence-electron chi connectivity index (χ0n) is 14.6. The fourth-order valence-electron chi connectivity index (χ4n) is 3.48. The minimum absolute atomic E-state index is 0.0496. The second-order valence-corrected chi connectivity index (χ2v) is 6.64. The van der Waals surface area contributed by atoms with E-state index < -0.39 is 0 Å². The molecule has 0 spiro atoms. The maximum absolute atomic E-state index is 11.1. The van der Waals surface area contributed by atoms with E-state index in [1.807, 2.05) is 31.2 Å². The number of fused-ring (bicyclic) bond motifs is 1. The molecule has 1 aliphatic rings. The number of nitrogens with one attached hydrogen (secondary N) is 1. The Hall–Kier alpha value is -2.01. The Kier molecular flexibility index (Phi) is 5.41. The molecule has 1 aromatic carbocycles. The van der Waals surface area contributed by atoms with E-state index in [-0.39, 0.29) is 5.91 Å². The summed E-state index contributed by atoms with van der Waals surface area (Å²) in [5.74, 6) is 0.0496. The average molecular weight is 326 g/mol. The lowest BCUT2D eigenvalue weighted by molar-refractivity contribution is -0.119. The molecule has 128 valence electrons. The molecule has 1 saturated heterocycles. The number of hydrogen-bond donors (Lipinski definition) is 1. The van der Waals surface area contributed by atoms with Gasteiger partial charge in [-0.15, -0.1) is 0 Å². The number of rotatable bonds is 5. The predicted molar refractivity (Wildman–Crippen MR) is 95.6 cm³/mol. The number of carbonyl (C=O) groups excluding carboxylic acids is 1. The number of benzene rings is 1. The standard InChI is InChI=1S/C19H26N4O/c1-14-19(22-18-9-4-3-8-17(18)21-14)13-23-12-6-5-7-16(23)10-11-20-15(2)24/h3-4,8-9,16H,5-7,10-13H2,1-2H3,(H,20,24). The van der Waals surface area contributed by atoms with Crippen LogP contribution in [0.5, 0.6) is 0 Å². The van der Waals surface area contributed by atoms with Gasteiger partial charge < -0.3 is 5.32 Å². The number of amides is 1. The number of aromatic nitrogens is 2. The molecule has 0 bridgehead atoms. The largest absolute Gasteiger partial charge is 0.356 e. The van der Waals surface area contributed by atoms with Gasteiger partial charge in [-0.25, -0.2) is 9.97 Å². The molecule has 2 heterocycles. The molecule has 1 aliphatic heterocycles. The van der Waals surface area contributed by atoms with Crippen molar-refractivity contribution < 1.29 is 4.79 Å². The summed E-state index contributed by atoms with van der Waals surface area (Å²) in [6.45, 7) is 6.31. The first-order valence-electron chi connectivity index (χ1n) is 8.84. The number of piperidine rings is 1. The fourth-order valence-corrected chi connectivity index (χ4v) is 3.48. The molecule has 1 fully saturated rings. The van der Waals surface area contributed by atoms with Crippen molar-refractivity contribution in [2.24, 2.45) is 0 Å². The van der Waals surface area contributed by atoms with Crippen LogP contribution in [0.3, 0.4) is 0 Å². The molecular formula is C19H26N4O. The summed E-state index contributed by atoms with van der Waals surface area (Å²) in [6, 6.07) is 8.55. The quantitative estimate of drug-likeness (QED) is 0.918. The van der Waals surface area contributed by atoms with E-state index in [9.17, 15) is 4.79 Å². The first-order chi connectivity index (χ1) is 11.6. The molecular weight excluding hydrogens is 300 g/mol. The van der Waals surface area contributed by atoms with E-state index in [2.05, 4.69) is 10.2 Å². The van der Waals surface area contributed by atoms with Gasteiger partial charge in [0.25, 0.3) is 0 Å². The molecule has 5 nitrogen and oxygen atoms in total. The van der Waals surface area contributed by atoms with E-state index in [4.69, 9.17) is 9.97 Å². The van der Waals surface area contributed by atoms with Crippen LogP contribution in [0.1, 0.15) is 44.0 Å². The van der Waals surface area contributed by atoms with E-state index >= 15 is 0 Å². The van der Waals surface area contributed by atoms with Crippen molar-refractivity contribution in [3.05, 3.63) is 35.7 Å². The smallest absolute Gasteiger partial charge is 0.216 e. The van der Waals surface area contributed by atoms with Gasteiger partial charge in [0.2, 0.25) is 5.91 Å². The van der Waals surface area contributed by atoms with Gasteiger partial charge in [-0.2, -0.15) is 0 Å². The lowest BCUT2D eigenvalue weighted by atomic mass is 9.99. The topological polar surface area (TPSA) is 58.1 Å². The highest BCUT2D eigenvalue weighted by Crippen LogP contribution is 2.22. The van der Waals surface area contributed by atoms with Crippen molar-refractivity contribution in [1.29, 1.82) is 0 Å². The van der Waals surface area contributed by atoms with Gasteiger partial charge in [-0.05, 0) is 44.9 Å². The number of aryl methyl sites for hydroxylation is 1. The Morgan fingerprint density at radius 3 is 2.75 bits per heavy atom. The monoisotopic (exact) mass is 326 g/mol. The van der Waals surface area contributed by atoms with Crippen molar-refractivity contribution >= 4 is 16.9 Å². The summed E-state index contributed by atoms with van der Waals surface area (Å²) in [5, 5.41) is 2.92. The molecule has 1 amide bonds. The summed E-state index contributed by atoms with van der Waals surface area (Å²) < 4.78 is 0. The van der Waals surface area contributed by atoms with Gasteiger partial charge in [-0.1, -0.05) is 18.6 Å². The zero-order chi connectivity index (χ0) is 16.9. The Morgan fingerprint density at radius 1 is 1.25 bits per heavy atom. The van der Waals surface area contributed by atoms with E-state index in [0.717, 1.165) is 48.5 Å². The normalized spacial score (nSPS) is 18.7. The predicted octanol–water partition coefficient (Wildman–Crippen LogP) is 2.82. The van der Waals surface area contributed by atoms with Crippen molar-refractivity contribution in [2.45, 2.75) is 52.1 Å². The number of nitrogens with zero attached hydrogens (tertiary/aromatic N) is 3. The number of para-hydroxylation sites is 2. The molecule has 5 heteroatoms. The summed E-state index contributed by atoms with van der Waals surface area (Å²) in [6.07, 6.45) is 4.69. The first-order valence-corrected chi connectivity index (χ1v) is 8.84. The van der Waals surface area contributed by atoms with Crippen LogP contribution in [0.15, 0.2) is 24.3 Å². The molecule has 0 radical (unpaired) electrons. The van der Waals surface area contributed by atoms with Crippen molar-refractivity contribution in [3.63, 3.8) is 0 Å². The third-order valence-electron chi connectivity index (χ3n) is 4.80. The van der Waals surface area contributed by atoms with Gasteiger partial charge in [0.15, 0.2) is 0 Å². The van der Waals surface area contributed by atoms with Crippen LogP contribution < -0.4 is 5.32 Å². The van der Waals surface area contributed by atoms with Crippen LogP contribution in [-0.4, -0.2) is 39.9 Å². The van der Waals surface area contributed by atoms with Gasteiger partial charge in [0.05, 0.1) is 22.4 Å². The lowest BCUT2D eigenvalue weighted by Gasteiger charge is -2.35. The first kappa shape index (κ1) is 16.8. The SMILES string of the molecule is CC(=O)NCCC1CCCCN1Cc1nc2ccccc2nc1C. The molecule has 2 aromatic rings. The Labute approximate surface area is 143 Å². The Balaban J connectivity index is 1.72. The minimum Gasteiger partial charge on any atom is -0.356 e. The van der Waals surface area contributed by atoms with E-state index in [1.165, 1.54) is 19.3 Å². The molecule has 3 rings (SSSR count). The van der Waals surface area contributed by atoms with Crippen LogP contribution in [-0.2, 0) is 11.3 Å².